The van der Waals surface area contributed by atoms with Crippen LogP contribution >= 0.6 is 0 Å². The molecule has 0 fully saturated rings. The molecule has 0 atom stereocenters. The number of imidazole rings is 4. The van der Waals surface area contributed by atoms with Crippen LogP contribution in [0.2, 0.25) is 0 Å². The zero-order valence-corrected chi connectivity index (χ0v) is 28.3. The van der Waals surface area contributed by atoms with Crippen LogP contribution < -0.4 is 30.6 Å². The summed E-state index contributed by atoms with van der Waals surface area (Å²) in [6.07, 6.45) is 0. The molecule has 0 spiro atoms. The van der Waals surface area contributed by atoms with Gasteiger partial charge in [0.25, 0.3) is 6.71 Å². The third kappa shape index (κ3) is 3.16. The van der Waals surface area contributed by atoms with Crippen LogP contribution in [0, 0.1) is 0 Å². The minimum Gasteiger partial charge on any atom is -0.458 e. The van der Waals surface area contributed by atoms with E-state index in [9.17, 15) is 0 Å². The number of para-hydroxylation sites is 7. The van der Waals surface area contributed by atoms with Crippen molar-refractivity contribution in [3.63, 3.8) is 0 Å². The molecule has 0 saturated heterocycles. The molecule has 0 N–H and O–H groups in total. The quantitative estimate of drug-likeness (QED) is 0.172. The van der Waals surface area contributed by atoms with Gasteiger partial charge in [-0.3, -0.25) is 17.9 Å². The average Bonchev–Trinajstić information content (AvgIpc) is 3.94. The van der Waals surface area contributed by atoms with Gasteiger partial charge in [-0.05, 0) is 72.8 Å². The molecule has 9 nitrogen and oxygen atoms in total. The lowest BCUT2D eigenvalue weighted by atomic mass is 9.34. The van der Waals surface area contributed by atoms with Crippen LogP contribution in [0.4, 0.5) is 0 Å². The van der Waals surface area contributed by atoms with Crippen LogP contribution in [0.15, 0.2) is 140 Å². The number of rotatable bonds is 2. The Morgan fingerprint density at radius 1 is 0.407 bits per heavy atom. The van der Waals surface area contributed by atoms with Gasteiger partial charge in [-0.15, -0.1) is 0 Å². The van der Waals surface area contributed by atoms with E-state index in [2.05, 4.69) is 115 Å². The Morgan fingerprint density at radius 2 is 0.889 bits per heavy atom. The minimum absolute atomic E-state index is 0.0526. The van der Waals surface area contributed by atoms with Crippen LogP contribution in [-0.2, 0) is 0 Å². The number of ether oxygens (including phenoxy) is 3. The van der Waals surface area contributed by atoms with Gasteiger partial charge < -0.3 is 14.2 Å². The van der Waals surface area contributed by atoms with E-state index < -0.39 is 0 Å². The Labute approximate surface area is 305 Å². The summed E-state index contributed by atoms with van der Waals surface area (Å²) in [5.41, 5.74) is 13.1. The number of benzene rings is 7. The molecule has 10 heteroatoms. The Balaban J connectivity index is 1.05. The SMILES string of the molecule is c1cc2c3c(c1)Oc1cc(-n4c5ccccc5n5c6cccc(-n7c8ccccc8n8c9ccccc9nc78)c6nc45)cc4c1B3c1c(cccc1O4)O2. The summed E-state index contributed by atoms with van der Waals surface area (Å²) in [5.74, 6) is 6.39. The van der Waals surface area contributed by atoms with E-state index in [1.807, 2.05) is 42.5 Å². The zero-order chi connectivity index (χ0) is 34.8. The van der Waals surface area contributed by atoms with Gasteiger partial charge in [0.1, 0.15) is 40.0 Å². The van der Waals surface area contributed by atoms with E-state index in [0.29, 0.717) is 0 Å². The van der Waals surface area contributed by atoms with Crippen molar-refractivity contribution >= 4 is 78.8 Å². The molecule has 0 aliphatic carbocycles. The predicted molar refractivity (Wildman–Crippen MR) is 210 cm³/mol. The van der Waals surface area contributed by atoms with Crippen LogP contribution in [0.5, 0.6) is 34.5 Å². The molecule has 0 amide bonds. The number of nitrogens with zero attached hydrogens (tertiary/aromatic N) is 6. The average molecular weight is 695 g/mol. The topological polar surface area (TPSA) is 72.2 Å². The van der Waals surface area contributed by atoms with Crippen molar-refractivity contribution in [3.05, 3.63) is 140 Å². The highest BCUT2D eigenvalue weighted by Gasteiger charge is 2.46. The maximum Gasteiger partial charge on any atom is 0.270 e. The normalized spacial score (nSPS) is 13.6. The smallest absolute Gasteiger partial charge is 0.270 e. The van der Waals surface area contributed by atoms with Gasteiger partial charge in [0.15, 0.2) is 0 Å². The fourth-order valence-electron chi connectivity index (χ4n) is 9.36. The maximum atomic E-state index is 6.73. The molecule has 7 heterocycles. The molecular weight excluding hydrogens is 671 g/mol. The molecule has 3 aliphatic rings. The predicted octanol–water partition coefficient (Wildman–Crippen LogP) is 8.01. The van der Waals surface area contributed by atoms with E-state index in [-0.39, 0.29) is 6.71 Å². The highest BCUT2D eigenvalue weighted by Crippen LogP contribution is 2.43. The van der Waals surface area contributed by atoms with Gasteiger partial charge >= 0.3 is 0 Å². The molecule has 54 heavy (non-hydrogen) atoms. The number of aromatic nitrogens is 6. The number of hydrogen-bond acceptors (Lipinski definition) is 5. The Morgan fingerprint density at radius 3 is 1.56 bits per heavy atom. The summed E-state index contributed by atoms with van der Waals surface area (Å²) in [6.45, 7) is -0.0526. The zero-order valence-electron chi connectivity index (χ0n) is 28.3. The lowest BCUT2D eigenvalue weighted by molar-refractivity contribution is 0.442. The highest BCUT2D eigenvalue weighted by atomic mass is 16.5. The molecule has 0 bridgehead atoms. The number of fused-ring (bicyclic) bond motifs is 10. The molecule has 3 aliphatic heterocycles. The lowest BCUT2D eigenvalue weighted by Crippen LogP contribution is -2.59. The summed E-state index contributed by atoms with van der Waals surface area (Å²) in [5, 5.41) is 0. The molecule has 250 valence electrons. The molecule has 7 aromatic carbocycles. The van der Waals surface area contributed by atoms with Gasteiger partial charge in [0.2, 0.25) is 11.6 Å². The van der Waals surface area contributed by atoms with E-state index in [1.165, 1.54) is 0 Å². The van der Waals surface area contributed by atoms with E-state index >= 15 is 0 Å². The number of hydrogen-bond donors (Lipinski definition) is 0. The first kappa shape index (κ1) is 27.2. The Bertz CT molecular complexity index is 3440. The first-order chi connectivity index (χ1) is 26.8. The first-order valence-electron chi connectivity index (χ1n) is 18.0. The molecule has 14 rings (SSSR count). The summed E-state index contributed by atoms with van der Waals surface area (Å²) in [6, 6.07) is 48.0. The van der Waals surface area contributed by atoms with E-state index in [0.717, 1.165) is 118 Å². The maximum absolute atomic E-state index is 6.73. The van der Waals surface area contributed by atoms with E-state index in [1.54, 1.807) is 0 Å². The standard InChI is InChI=1S/C44H23BN6O3/c1-2-11-26-25(10-1)46-43-49(26)29-14-5-6-15-30(29)50(43)31-16-7-17-32-42(31)47-44-48(27-12-3-4-13-28(27)51(32)44)24-22-37-41-38(23-24)54-36-21-9-19-34-40(36)45(41)39-33(52-34)18-8-20-35(39)53-37/h1-23H. The van der Waals surface area contributed by atoms with Crippen LogP contribution in [-0.4, -0.2) is 34.6 Å². The molecular formula is C44H23BN6O3. The largest absolute Gasteiger partial charge is 0.458 e. The summed E-state index contributed by atoms with van der Waals surface area (Å²) in [4.78, 5) is 10.7. The second-order valence-corrected chi connectivity index (χ2v) is 14.2. The molecule has 0 radical (unpaired) electrons. The summed E-state index contributed by atoms with van der Waals surface area (Å²) >= 11 is 0. The summed E-state index contributed by atoms with van der Waals surface area (Å²) < 4.78 is 28.8. The van der Waals surface area contributed by atoms with Crippen LogP contribution in [0.1, 0.15) is 0 Å². The van der Waals surface area contributed by atoms with Crippen molar-refractivity contribution in [1.29, 1.82) is 0 Å². The van der Waals surface area contributed by atoms with Crippen molar-refractivity contribution < 1.29 is 14.2 Å². The van der Waals surface area contributed by atoms with Crippen molar-refractivity contribution in [2.24, 2.45) is 0 Å². The van der Waals surface area contributed by atoms with Gasteiger partial charge in [0.05, 0.1) is 50.0 Å². The lowest BCUT2D eigenvalue weighted by Gasteiger charge is -2.37. The molecule has 11 aromatic rings. The second kappa shape index (κ2) is 9.31. The fraction of sp³-hybridized carbons (Fsp3) is 0. The van der Waals surface area contributed by atoms with Gasteiger partial charge in [-0.1, -0.05) is 54.6 Å². The van der Waals surface area contributed by atoms with Crippen molar-refractivity contribution in [3.8, 4) is 45.9 Å². The first-order valence-corrected chi connectivity index (χ1v) is 18.0. The monoisotopic (exact) mass is 694 g/mol. The molecule has 0 unspecified atom stereocenters. The van der Waals surface area contributed by atoms with Gasteiger partial charge in [-0.25, -0.2) is 9.97 Å². The Kier molecular flexibility index (Phi) is 4.69. The van der Waals surface area contributed by atoms with Crippen LogP contribution in [0.3, 0.4) is 0 Å². The molecule has 0 saturated carbocycles. The van der Waals surface area contributed by atoms with Crippen molar-refractivity contribution in [1.82, 2.24) is 27.9 Å². The third-order valence-corrected chi connectivity index (χ3v) is 11.5. The summed E-state index contributed by atoms with van der Waals surface area (Å²) in [7, 11) is 0. The third-order valence-electron chi connectivity index (χ3n) is 11.5. The highest BCUT2D eigenvalue weighted by molar-refractivity contribution is 6.99. The Hall–Kier alpha value is -7.46. The van der Waals surface area contributed by atoms with Gasteiger partial charge in [-0.2, -0.15) is 0 Å². The van der Waals surface area contributed by atoms with Gasteiger partial charge in [0, 0.05) is 28.5 Å². The van der Waals surface area contributed by atoms with Crippen LogP contribution in [0.25, 0.3) is 67.1 Å². The molecule has 4 aromatic heterocycles. The van der Waals surface area contributed by atoms with E-state index in [4.69, 9.17) is 24.2 Å². The second-order valence-electron chi connectivity index (χ2n) is 14.2. The van der Waals surface area contributed by atoms with Crippen molar-refractivity contribution in [2.45, 2.75) is 0 Å². The van der Waals surface area contributed by atoms with Crippen molar-refractivity contribution in [2.75, 3.05) is 0 Å². The minimum atomic E-state index is -0.0526. The fourth-order valence-corrected chi connectivity index (χ4v) is 9.36.